The van der Waals surface area contributed by atoms with E-state index >= 15 is 0 Å². The van der Waals surface area contributed by atoms with Crippen molar-refractivity contribution >= 4 is 12.0 Å². The number of rotatable bonds is 5. The van der Waals surface area contributed by atoms with E-state index in [9.17, 15) is 4.79 Å². The van der Waals surface area contributed by atoms with Crippen molar-refractivity contribution in [3.63, 3.8) is 0 Å². The number of fused-ring (bicyclic) bond motifs is 1. The summed E-state index contributed by atoms with van der Waals surface area (Å²) in [6, 6.07) is 14.8. The lowest BCUT2D eigenvalue weighted by Crippen LogP contribution is -2.61. The lowest BCUT2D eigenvalue weighted by Gasteiger charge is -2.46. The molecule has 0 aromatic heterocycles. The summed E-state index contributed by atoms with van der Waals surface area (Å²) in [4.78, 5) is 16.9. The number of likely N-dealkylation sites (tertiary alicyclic amines) is 1. The maximum absolute atomic E-state index is 12.5. The highest BCUT2D eigenvalue weighted by Gasteiger charge is 2.35. The van der Waals surface area contributed by atoms with E-state index in [2.05, 4.69) is 29.2 Å². The molecule has 1 amide bonds. The number of carbonyl (C=O) groups is 1. The van der Waals surface area contributed by atoms with Crippen molar-refractivity contribution in [1.82, 2.24) is 9.80 Å². The Hall–Kier alpha value is -2.79. The first-order valence-corrected chi connectivity index (χ1v) is 9.68. The molecule has 0 unspecified atom stereocenters. The van der Waals surface area contributed by atoms with E-state index in [1.54, 1.807) is 20.3 Å². The summed E-state index contributed by atoms with van der Waals surface area (Å²) in [7, 11) is 3.22. The van der Waals surface area contributed by atoms with Crippen LogP contribution < -0.4 is 9.47 Å². The number of benzene rings is 2. The lowest BCUT2D eigenvalue weighted by atomic mass is 9.96. The molecule has 0 bridgehead atoms. The average molecular weight is 378 g/mol. The fourth-order valence-corrected chi connectivity index (χ4v) is 3.92. The van der Waals surface area contributed by atoms with Crippen LogP contribution in [-0.2, 0) is 17.8 Å². The number of ether oxygens (including phenoxy) is 2. The van der Waals surface area contributed by atoms with Gasteiger partial charge in [-0.05, 0) is 41.3 Å². The third-order valence-electron chi connectivity index (χ3n) is 5.68. The summed E-state index contributed by atoms with van der Waals surface area (Å²) in [5.41, 5.74) is 3.80. The van der Waals surface area contributed by atoms with Crippen LogP contribution in [0.5, 0.6) is 11.5 Å². The number of hydrogen-bond donors (Lipinski definition) is 0. The summed E-state index contributed by atoms with van der Waals surface area (Å²) in [5, 5.41) is 0. The summed E-state index contributed by atoms with van der Waals surface area (Å²) < 4.78 is 10.6. The Balaban J connectivity index is 1.31. The van der Waals surface area contributed by atoms with Gasteiger partial charge in [0.2, 0.25) is 5.91 Å². The standard InChI is InChI=1S/C23H26N2O3/c1-27-21-9-7-17(13-22(21)28-2)8-10-23(26)25-15-20(16-25)24-12-11-18-5-3-4-6-19(18)14-24/h3-10,13,20H,11-12,14-16H2,1-2H3/b10-8+. The molecule has 2 aromatic carbocycles. The molecule has 0 atom stereocenters. The van der Waals surface area contributed by atoms with Crippen molar-refractivity contribution in [2.75, 3.05) is 33.9 Å². The highest BCUT2D eigenvalue weighted by molar-refractivity contribution is 5.92. The Bertz CT molecular complexity index is 887. The van der Waals surface area contributed by atoms with Gasteiger partial charge < -0.3 is 14.4 Å². The Kier molecular flexibility index (Phi) is 5.35. The zero-order chi connectivity index (χ0) is 19.5. The van der Waals surface area contributed by atoms with Crippen LogP contribution in [0.2, 0.25) is 0 Å². The Morgan fingerprint density at radius 1 is 1.04 bits per heavy atom. The van der Waals surface area contributed by atoms with Crippen molar-refractivity contribution in [3.8, 4) is 11.5 Å². The van der Waals surface area contributed by atoms with Crippen molar-refractivity contribution in [1.29, 1.82) is 0 Å². The molecule has 2 aliphatic rings. The molecule has 0 saturated carbocycles. The molecule has 4 rings (SSSR count). The third kappa shape index (κ3) is 3.76. The Morgan fingerprint density at radius 2 is 1.79 bits per heavy atom. The van der Waals surface area contributed by atoms with Crippen molar-refractivity contribution in [3.05, 3.63) is 65.2 Å². The van der Waals surface area contributed by atoms with Crippen LogP contribution in [0.15, 0.2) is 48.5 Å². The van der Waals surface area contributed by atoms with Crippen LogP contribution >= 0.6 is 0 Å². The molecule has 2 aromatic rings. The van der Waals surface area contributed by atoms with Gasteiger partial charge in [0.05, 0.1) is 14.2 Å². The van der Waals surface area contributed by atoms with Crippen LogP contribution in [0, 0.1) is 0 Å². The maximum Gasteiger partial charge on any atom is 0.246 e. The van der Waals surface area contributed by atoms with Gasteiger partial charge in [-0.25, -0.2) is 0 Å². The van der Waals surface area contributed by atoms with Gasteiger partial charge in [0.1, 0.15) is 0 Å². The molecular weight excluding hydrogens is 352 g/mol. The normalized spacial score (nSPS) is 17.3. The molecule has 2 heterocycles. The first-order valence-electron chi connectivity index (χ1n) is 9.68. The van der Waals surface area contributed by atoms with Gasteiger partial charge >= 0.3 is 0 Å². The number of methoxy groups -OCH3 is 2. The largest absolute Gasteiger partial charge is 0.493 e. The topological polar surface area (TPSA) is 42.0 Å². The number of nitrogens with zero attached hydrogens (tertiary/aromatic N) is 2. The van der Waals surface area contributed by atoms with E-state index in [1.165, 1.54) is 11.1 Å². The van der Waals surface area contributed by atoms with Gasteiger partial charge in [0.25, 0.3) is 0 Å². The SMILES string of the molecule is COc1ccc(/C=C/C(=O)N2CC(N3CCc4ccccc4C3)C2)cc1OC. The molecule has 1 saturated heterocycles. The van der Waals surface area contributed by atoms with Gasteiger partial charge in [-0.2, -0.15) is 0 Å². The highest BCUT2D eigenvalue weighted by Crippen LogP contribution is 2.28. The van der Waals surface area contributed by atoms with Gasteiger partial charge in [0.15, 0.2) is 11.5 Å². The first-order chi connectivity index (χ1) is 13.7. The molecular formula is C23H26N2O3. The number of hydrogen-bond acceptors (Lipinski definition) is 4. The van der Waals surface area contributed by atoms with Crippen molar-refractivity contribution < 1.29 is 14.3 Å². The summed E-state index contributed by atoms with van der Waals surface area (Å²) in [5.74, 6) is 1.40. The molecule has 0 radical (unpaired) electrons. The van der Waals surface area contributed by atoms with Gasteiger partial charge in [0, 0.05) is 38.3 Å². The van der Waals surface area contributed by atoms with Crippen molar-refractivity contribution in [2.24, 2.45) is 0 Å². The maximum atomic E-state index is 12.5. The average Bonchev–Trinajstić information content (AvgIpc) is 2.70. The molecule has 1 fully saturated rings. The molecule has 5 nitrogen and oxygen atoms in total. The minimum absolute atomic E-state index is 0.0587. The van der Waals surface area contributed by atoms with Gasteiger partial charge in [-0.1, -0.05) is 30.3 Å². The molecule has 28 heavy (non-hydrogen) atoms. The summed E-state index contributed by atoms with van der Waals surface area (Å²) in [6.45, 7) is 3.67. The van der Waals surface area contributed by atoms with Crippen LogP contribution in [0.4, 0.5) is 0 Å². The van der Waals surface area contributed by atoms with Gasteiger partial charge in [-0.3, -0.25) is 9.69 Å². The predicted molar refractivity (Wildman–Crippen MR) is 110 cm³/mol. The van der Waals surface area contributed by atoms with E-state index in [-0.39, 0.29) is 5.91 Å². The zero-order valence-corrected chi connectivity index (χ0v) is 16.4. The molecule has 0 N–H and O–H groups in total. The summed E-state index contributed by atoms with van der Waals surface area (Å²) in [6.07, 6.45) is 4.57. The second kappa shape index (κ2) is 8.07. The quantitative estimate of drug-likeness (QED) is 0.750. The predicted octanol–water partition coefficient (Wildman–Crippen LogP) is 2.99. The number of carbonyl (C=O) groups excluding carboxylic acids is 1. The molecule has 146 valence electrons. The highest BCUT2D eigenvalue weighted by atomic mass is 16.5. The van der Waals surface area contributed by atoms with Crippen LogP contribution in [0.1, 0.15) is 16.7 Å². The van der Waals surface area contributed by atoms with Crippen LogP contribution in [0.3, 0.4) is 0 Å². The number of amides is 1. The van der Waals surface area contributed by atoms with E-state index in [0.717, 1.165) is 38.2 Å². The van der Waals surface area contributed by atoms with Gasteiger partial charge in [-0.15, -0.1) is 0 Å². The molecule has 5 heteroatoms. The summed E-state index contributed by atoms with van der Waals surface area (Å²) >= 11 is 0. The first kappa shape index (κ1) is 18.6. The van der Waals surface area contributed by atoms with E-state index < -0.39 is 0 Å². The monoisotopic (exact) mass is 378 g/mol. The lowest BCUT2D eigenvalue weighted by molar-refractivity contribution is -0.133. The minimum Gasteiger partial charge on any atom is -0.493 e. The second-order valence-corrected chi connectivity index (χ2v) is 7.33. The second-order valence-electron chi connectivity index (χ2n) is 7.33. The third-order valence-corrected chi connectivity index (χ3v) is 5.68. The minimum atomic E-state index is 0.0587. The van der Waals surface area contributed by atoms with Crippen LogP contribution in [0.25, 0.3) is 6.08 Å². The van der Waals surface area contributed by atoms with Crippen molar-refractivity contribution in [2.45, 2.75) is 19.0 Å². The smallest absolute Gasteiger partial charge is 0.246 e. The molecule has 0 aliphatic carbocycles. The van der Waals surface area contributed by atoms with E-state index in [1.807, 2.05) is 29.2 Å². The van der Waals surface area contributed by atoms with E-state index in [0.29, 0.717) is 17.5 Å². The Labute approximate surface area is 166 Å². The Morgan fingerprint density at radius 3 is 2.54 bits per heavy atom. The fourth-order valence-electron chi connectivity index (χ4n) is 3.92. The molecule has 0 spiro atoms. The molecule has 2 aliphatic heterocycles. The van der Waals surface area contributed by atoms with E-state index in [4.69, 9.17) is 9.47 Å². The fraction of sp³-hybridized carbons (Fsp3) is 0.348. The van der Waals surface area contributed by atoms with Crippen LogP contribution in [-0.4, -0.2) is 55.6 Å². The zero-order valence-electron chi connectivity index (χ0n) is 16.4.